The number of rotatable bonds is 2. The van der Waals surface area contributed by atoms with Gasteiger partial charge in [0.15, 0.2) is 0 Å². The quantitative estimate of drug-likeness (QED) is 0.648. The molecule has 0 radical (unpaired) electrons. The number of hydrogen-bond acceptors (Lipinski definition) is 5. The van der Waals surface area contributed by atoms with E-state index in [1.165, 1.54) is 16.5 Å². The van der Waals surface area contributed by atoms with E-state index in [1.807, 2.05) is 6.92 Å². The number of piperazine rings is 1. The molecule has 0 unspecified atom stereocenters. The zero-order valence-electron chi connectivity index (χ0n) is 15.9. The van der Waals surface area contributed by atoms with E-state index in [0.29, 0.717) is 18.9 Å². The van der Waals surface area contributed by atoms with Gasteiger partial charge >= 0.3 is 6.18 Å². The molecule has 0 atom stereocenters. The Morgan fingerprint density at radius 2 is 1.68 bits per heavy atom. The van der Waals surface area contributed by atoms with Crippen LogP contribution < -0.4 is 14.8 Å². The maximum Gasteiger partial charge on any atom is 0.419 e. The normalized spacial score (nSPS) is 15.5. The summed E-state index contributed by atoms with van der Waals surface area (Å²) in [6, 6.07) is 2.62. The number of aromatic amines is 1. The summed E-state index contributed by atoms with van der Waals surface area (Å²) in [5.74, 6) is 2.40. The van der Waals surface area contributed by atoms with E-state index < -0.39 is 11.7 Å². The first-order chi connectivity index (χ1) is 13.2. The first-order valence-corrected chi connectivity index (χ1v) is 9.89. The Balaban J connectivity index is 1.54. The summed E-state index contributed by atoms with van der Waals surface area (Å²) < 4.78 is 38.2. The van der Waals surface area contributed by atoms with Crippen molar-refractivity contribution in [2.75, 3.05) is 36.0 Å². The lowest BCUT2D eigenvalue weighted by Crippen LogP contribution is -2.48. The van der Waals surface area contributed by atoms with Crippen LogP contribution in [0.15, 0.2) is 18.3 Å². The standard InChI is InChI=1S/C19H20F3N5S/c1-11-12(2)28-18-16(11)17(24-13(3)25-18)27-8-6-26(7-9-27)15-5-4-14(10-23-15)19(20,21)22/h4-5,10H,6-9H2,1-3H3/p+1. The summed E-state index contributed by atoms with van der Waals surface area (Å²) in [7, 11) is 0. The Labute approximate surface area is 164 Å². The molecule has 3 aromatic rings. The van der Waals surface area contributed by atoms with Crippen molar-refractivity contribution in [3.8, 4) is 0 Å². The summed E-state index contributed by atoms with van der Waals surface area (Å²) in [6.07, 6.45) is -3.31. The molecule has 0 amide bonds. The van der Waals surface area contributed by atoms with Gasteiger partial charge in [0, 0.05) is 10.9 Å². The number of hydrogen-bond donors (Lipinski definition) is 0. The van der Waals surface area contributed by atoms with Crippen molar-refractivity contribution in [1.82, 2.24) is 9.97 Å². The third kappa shape index (κ3) is 3.39. The van der Waals surface area contributed by atoms with Crippen LogP contribution in [0.2, 0.25) is 0 Å². The van der Waals surface area contributed by atoms with Gasteiger partial charge in [0.1, 0.15) is 35.8 Å². The third-order valence-electron chi connectivity index (χ3n) is 5.16. The maximum absolute atomic E-state index is 12.7. The second-order valence-corrected chi connectivity index (χ2v) is 8.20. The molecule has 0 saturated carbocycles. The lowest BCUT2D eigenvalue weighted by molar-refractivity contribution is -0.367. The number of nitrogens with zero attached hydrogens (tertiary/aromatic N) is 4. The second-order valence-electron chi connectivity index (χ2n) is 6.99. The van der Waals surface area contributed by atoms with Crippen molar-refractivity contribution in [3.05, 3.63) is 40.2 Å². The zero-order valence-corrected chi connectivity index (χ0v) is 16.7. The molecule has 1 fully saturated rings. The summed E-state index contributed by atoms with van der Waals surface area (Å²) in [4.78, 5) is 18.6. The number of aryl methyl sites for hydroxylation is 3. The molecule has 4 rings (SSSR count). The molecule has 1 aliphatic rings. The van der Waals surface area contributed by atoms with Crippen molar-refractivity contribution in [1.29, 1.82) is 0 Å². The number of alkyl halides is 3. The van der Waals surface area contributed by atoms with Gasteiger partial charge in [-0.3, -0.25) is 4.90 Å². The van der Waals surface area contributed by atoms with Gasteiger partial charge in [-0.05, 0) is 32.4 Å². The predicted octanol–water partition coefficient (Wildman–Crippen LogP) is 3.78. The van der Waals surface area contributed by atoms with Crippen molar-refractivity contribution in [3.63, 3.8) is 0 Å². The smallest absolute Gasteiger partial charge is 0.348 e. The van der Waals surface area contributed by atoms with E-state index in [2.05, 4.69) is 33.6 Å². The van der Waals surface area contributed by atoms with Crippen molar-refractivity contribution >= 4 is 33.2 Å². The Bertz CT molecular complexity index is 1010. The SMILES string of the molecule is Cc1nc(N2CCN(c3ccc(C(F)(F)F)c[nH+]3)CC2)c2c(C)c(C)sc2n1. The number of nitrogens with one attached hydrogen (secondary N) is 1. The molecule has 28 heavy (non-hydrogen) atoms. The van der Waals surface area contributed by atoms with Gasteiger partial charge in [-0.15, -0.1) is 11.3 Å². The molecule has 4 heterocycles. The molecule has 1 N–H and O–H groups in total. The Morgan fingerprint density at radius 3 is 2.29 bits per heavy atom. The number of thiophene rings is 1. The van der Waals surface area contributed by atoms with Gasteiger partial charge in [-0.2, -0.15) is 13.2 Å². The molecule has 9 heteroatoms. The minimum atomic E-state index is -4.33. The monoisotopic (exact) mass is 408 g/mol. The minimum absolute atomic E-state index is 0.669. The zero-order chi connectivity index (χ0) is 20.1. The van der Waals surface area contributed by atoms with Gasteiger partial charge < -0.3 is 4.90 Å². The average molecular weight is 408 g/mol. The maximum atomic E-state index is 12.7. The summed E-state index contributed by atoms with van der Waals surface area (Å²) in [5, 5.41) is 1.11. The van der Waals surface area contributed by atoms with Crippen LogP contribution >= 0.6 is 11.3 Å². The Morgan fingerprint density at radius 1 is 1.00 bits per heavy atom. The fourth-order valence-electron chi connectivity index (χ4n) is 3.51. The van der Waals surface area contributed by atoms with Gasteiger partial charge in [0.05, 0.1) is 24.0 Å². The van der Waals surface area contributed by atoms with Gasteiger partial charge in [0.25, 0.3) is 5.82 Å². The molecule has 3 aromatic heterocycles. The number of halogens is 3. The third-order valence-corrected chi connectivity index (χ3v) is 6.27. The molecular weight excluding hydrogens is 387 g/mol. The van der Waals surface area contributed by atoms with E-state index in [9.17, 15) is 13.2 Å². The molecular formula is C19H21F3N5S+. The summed E-state index contributed by atoms with van der Waals surface area (Å²) >= 11 is 1.69. The molecule has 1 saturated heterocycles. The second kappa shape index (κ2) is 6.88. The highest BCUT2D eigenvalue weighted by Crippen LogP contribution is 2.35. The molecule has 0 bridgehead atoms. The Hall–Kier alpha value is -2.42. The van der Waals surface area contributed by atoms with E-state index in [4.69, 9.17) is 4.98 Å². The lowest BCUT2D eigenvalue weighted by atomic mass is 10.2. The van der Waals surface area contributed by atoms with Crippen LogP contribution in [-0.2, 0) is 6.18 Å². The predicted molar refractivity (Wildman–Crippen MR) is 104 cm³/mol. The number of fused-ring (bicyclic) bond motifs is 1. The van der Waals surface area contributed by atoms with Gasteiger partial charge in [-0.25, -0.2) is 15.0 Å². The van der Waals surface area contributed by atoms with E-state index in [0.717, 1.165) is 47.2 Å². The van der Waals surface area contributed by atoms with Crippen LogP contribution in [0.25, 0.3) is 10.2 Å². The topological polar surface area (TPSA) is 46.4 Å². The lowest BCUT2D eigenvalue weighted by Gasteiger charge is -2.32. The molecule has 0 spiro atoms. The van der Waals surface area contributed by atoms with Gasteiger partial charge in [0.2, 0.25) is 0 Å². The molecule has 148 valence electrons. The fourth-order valence-corrected chi connectivity index (χ4v) is 4.58. The number of H-pyrrole nitrogens is 1. The molecule has 1 aliphatic heterocycles. The van der Waals surface area contributed by atoms with Crippen LogP contribution in [0.4, 0.5) is 24.8 Å². The fraction of sp³-hybridized carbons (Fsp3) is 0.421. The van der Waals surface area contributed by atoms with Crippen molar-refractivity contribution in [2.45, 2.75) is 26.9 Å². The van der Waals surface area contributed by atoms with E-state index >= 15 is 0 Å². The highest BCUT2D eigenvalue weighted by molar-refractivity contribution is 7.18. The molecule has 5 nitrogen and oxygen atoms in total. The van der Waals surface area contributed by atoms with Crippen LogP contribution in [-0.4, -0.2) is 36.1 Å². The van der Waals surface area contributed by atoms with Crippen molar-refractivity contribution < 1.29 is 18.2 Å². The first-order valence-electron chi connectivity index (χ1n) is 9.07. The van der Waals surface area contributed by atoms with Crippen LogP contribution in [0, 0.1) is 20.8 Å². The van der Waals surface area contributed by atoms with E-state index in [-0.39, 0.29) is 0 Å². The van der Waals surface area contributed by atoms with Crippen LogP contribution in [0.5, 0.6) is 0 Å². The largest absolute Gasteiger partial charge is 0.419 e. The van der Waals surface area contributed by atoms with Crippen molar-refractivity contribution in [2.24, 2.45) is 0 Å². The van der Waals surface area contributed by atoms with E-state index in [1.54, 1.807) is 11.3 Å². The highest BCUT2D eigenvalue weighted by atomic mass is 32.1. The summed E-state index contributed by atoms with van der Waals surface area (Å²) in [5.41, 5.74) is 0.547. The average Bonchev–Trinajstić information content (AvgIpc) is 2.94. The molecule has 0 aliphatic carbocycles. The molecule has 0 aromatic carbocycles. The number of aromatic nitrogens is 3. The summed E-state index contributed by atoms with van der Waals surface area (Å²) in [6.45, 7) is 9.00. The van der Waals surface area contributed by atoms with Crippen LogP contribution in [0.1, 0.15) is 21.8 Å². The highest BCUT2D eigenvalue weighted by Gasteiger charge is 2.33. The number of anilines is 2. The van der Waals surface area contributed by atoms with Gasteiger partial charge in [-0.1, -0.05) is 0 Å². The number of pyridine rings is 1. The van der Waals surface area contributed by atoms with Crippen LogP contribution in [0.3, 0.4) is 0 Å². The first kappa shape index (κ1) is 18.9. The minimum Gasteiger partial charge on any atom is -0.348 e. The Kier molecular flexibility index (Phi) is 4.65.